The van der Waals surface area contributed by atoms with Crippen molar-refractivity contribution < 1.29 is 4.79 Å². The number of benzene rings is 1. The summed E-state index contributed by atoms with van der Waals surface area (Å²) in [6.07, 6.45) is 3.89. The Morgan fingerprint density at radius 3 is 2.59 bits per heavy atom. The zero-order valence-electron chi connectivity index (χ0n) is 9.18. The van der Waals surface area contributed by atoms with Gasteiger partial charge in [-0.25, -0.2) is 0 Å². The van der Waals surface area contributed by atoms with Crippen molar-refractivity contribution in [3.8, 4) is 0 Å². The summed E-state index contributed by atoms with van der Waals surface area (Å²) in [5.41, 5.74) is 1.70. The lowest BCUT2D eigenvalue weighted by Crippen LogP contribution is -1.88. The van der Waals surface area contributed by atoms with Gasteiger partial charge in [-0.1, -0.05) is 41.1 Å². The highest BCUT2D eigenvalue weighted by Crippen LogP contribution is 2.32. The highest BCUT2D eigenvalue weighted by atomic mass is 35.5. The van der Waals surface area contributed by atoms with Crippen molar-refractivity contribution in [2.45, 2.75) is 16.7 Å². The summed E-state index contributed by atoms with van der Waals surface area (Å²) >= 11 is 7.40. The third kappa shape index (κ3) is 2.87. The van der Waals surface area contributed by atoms with Crippen LogP contribution in [0.3, 0.4) is 0 Å². The fraction of sp³-hybridized carbons (Fsp3) is 0.0769. The molecule has 0 saturated heterocycles. The van der Waals surface area contributed by atoms with Gasteiger partial charge in [-0.05, 0) is 19.1 Å². The maximum atomic E-state index is 11.0. The Morgan fingerprint density at radius 1 is 1.24 bits per heavy atom. The molecule has 17 heavy (non-hydrogen) atoms. The maximum absolute atomic E-state index is 11.0. The summed E-state index contributed by atoms with van der Waals surface area (Å²) in [5.74, 6) is 0. The largest absolute Gasteiger partial charge is 0.298 e. The monoisotopic (exact) mass is 263 g/mol. The van der Waals surface area contributed by atoms with E-state index in [9.17, 15) is 4.79 Å². The van der Waals surface area contributed by atoms with Gasteiger partial charge in [0.05, 0.1) is 5.02 Å². The van der Waals surface area contributed by atoms with Gasteiger partial charge in [0.1, 0.15) is 0 Å². The Hall–Kier alpha value is -1.32. The van der Waals surface area contributed by atoms with E-state index in [1.807, 2.05) is 31.2 Å². The molecule has 0 unspecified atom stereocenters. The van der Waals surface area contributed by atoms with E-state index in [0.29, 0.717) is 10.6 Å². The number of pyridine rings is 1. The minimum atomic E-state index is 0.386. The summed E-state index contributed by atoms with van der Waals surface area (Å²) < 4.78 is 0. The first-order chi connectivity index (χ1) is 8.20. The Kier molecular flexibility index (Phi) is 3.82. The molecule has 1 heterocycles. The van der Waals surface area contributed by atoms with Crippen molar-refractivity contribution in [3.63, 3.8) is 0 Å². The van der Waals surface area contributed by atoms with Gasteiger partial charge in [0.25, 0.3) is 0 Å². The van der Waals surface area contributed by atoms with E-state index >= 15 is 0 Å². The highest BCUT2D eigenvalue weighted by Gasteiger charge is 2.08. The molecule has 0 amide bonds. The van der Waals surface area contributed by atoms with E-state index in [2.05, 4.69) is 4.98 Å². The van der Waals surface area contributed by atoms with Crippen LogP contribution in [0, 0.1) is 6.92 Å². The number of rotatable bonds is 3. The zero-order chi connectivity index (χ0) is 12.3. The molecule has 1 aromatic heterocycles. The summed E-state index contributed by atoms with van der Waals surface area (Å²) in [6.45, 7) is 2.03. The highest BCUT2D eigenvalue weighted by molar-refractivity contribution is 7.99. The minimum Gasteiger partial charge on any atom is -0.298 e. The van der Waals surface area contributed by atoms with E-state index in [-0.39, 0.29) is 0 Å². The van der Waals surface area contributed by atoms with E-state index in [1.54, 1.807) is 6.20 Å². The second-order valence-corrected chi connectivity index (χ2v) is 5.09. The molecule has 0 aliphatic rings. The molecule has 2 rings (SSSR count). The molecule has 0 atom stereocenters. The molecular formula is C13H10ClNOS. The van der Waals surface area contributed by atoms with Gasteiger partial charge in [0, 0.05) is 27.7 Å². The number of aromatic nitrogens is 1. The Balaban J connectivity index is 2.33. The number of aryl methyl sites for hydroxylation is 1. The average Bonchev–Trinajstić information content (AvgIpc) is 2.32. The molecule has 0 aliphatic heterocycles. The third-order valence-electron chi connectivity index (χ3n) is 2.27. The lowest BCUT2D eigenvalue weighted by Gasteiger charge is -2.05. The van der Waals surface area contributed by atoms with Gasteiger partial charge < -0.3 is 0 Å². The molecule has 4 heteroatoms. The zero-order valence-corrected chi connectivity index (χ0v) is 10.8. The van der Waals surface area contributed by atoms with Crippen LogP contribution in [0.1, 0.15) is 15.9 Å². The third-order valence-corrected chi connectivity index (χ3v) is 3.62. The van der Waals surface area contributed by atoms with Crippen LogP contribution < -0.4 is 0 Å². The van der Waals surface area contributed by atoms with Crippen LogP contribution in [0.25, 0.3) is 0 Å². The van der Waals surface area contributed by atoms with E-state index in [0.717, 1.165) is 16.1 Å². The Bertz CT molecular complexity index is 540. The number of hydrogen-bond donors (Lipinski definition) is 0. The average molecular weight is 264 g/mol. The fourth-order valence-corrected chi connectivity index (χ4v) is 2.52. The van der Waals surface area contributed by atoms with Crippen molar-refractivity contribution in [2.24, 2.45) is 0 Å². The topological polar surface area (TPSA) is 30.0 Å². The van der Waals surface area contributed by atoms with Crippen molar-refractivity contribution in [1.29, 1.82) is 0 Å². The lowest BCUT2D eigenvalue weighted by atomic mass is 10.2. The molecule has 1 aromatic carbocycles. The number of carbonyl (C=O) groups is 1. The smallest absolute Gasteiger partial charge is 0.152 e. The predicted octanol–water partition coefficient (Wildman–Crippen LogP) is 4.01. The normalized spacial score (nSPS) is 10.2. The Labute approximate surface area is 109 Å². The molecule has 0 spiro atoms. The summed E-state index contributed by atoms with van der Waals surface area (Å²) in [6, 6.07) is 8.08. The fourth-order valence-electron chi connectivity index (χ4n) is 1.36. The summed E-state index contributed by atoms with van der Waals surface area (Å²) in [4.78, 5) is 16.8. The summed E-state index contributed by atoms with van der Waals surface area (Å²) in [5, 5.41) is 0.386. The standard InChI is InChI=1S/C13H10ClNOS/c1-9-2-4-10(5-3-9)17-13-7-15-6-12(14)11(13)8-16/h2-8H,1H3. The van der Waals surface area contributed by atoms with Gasteiger partial charge in [-0.2, -0.15) is 0 Å². The van der Waals surface area contributed by atoms with E-state index < -0.39 is 0 Å². The van der Waals surface area contributed by atoms with Crippen molar-refractivity contribution in [1.82, 2.24) is 4.98 Å². The molecule has 2 aromatic rings. The predicted molar refractivity (Wildman–Crippen MR) is 69.9 cm³/mol. The second kappa shape index (κ2) is 5.34. The molecular weight excluding hydrogens is 254 g/mol. The van der Waals surface area contributed by atoms with Crippen LogP contribution in [0.2, 0.25) is 5.02 Å². The van der Waals surface area contributed by atoms with Crippen LogP contribution >= 0.6 is 23.4 Å². The van der Waals surface area contributed by atoms with Crippen molar-refractivity contribution in [2.75, 3.05) is 0 Å². The van der Waals surface area contributed by atoms with E-state index in [4.69, 9.17) is 11.6 Å². The van der Waals surface area contributed by atoms with Crippen LogP contribution in [-0.2, 0) is 0 Å². The Morgan fingerprint density at radius 2 is 1.94 bits per heavy atom. The van der Waals surface area contributed by atoms with Crippen LogP contribution in [-0.4, -0.2) is 11.3 Å². The molecule has 0 radical (unpaired) electrons. The van der Waals surface area contributed by atoms with Crippen molar-refractivity contribution >= 4 is 29.6 Å². The molecule has 0 fully saturated rings. The van der Waals surface area contributed by atoms with Gasteiger partial charge >= 0.3 is 0 Å². The number of nitrogens with zero attached hydrogens (tertiary/aromatic N) is 1. The molecule has 0 N–H and O–H groups in total. The van der Waals surface area contributed by atoms with Gasteiger partial charge in [0.15, 0.2) is 6.29 Å². The number of halogens is 1. The maximum Gasteiger partial charge on any atom is 0.152 e. The number of aldehydes is 1. The summed E-state index contributed by atoms with van der Waals surface area (Å²) in [7, 11) is 0. The van der Waals surface area contributed by atoms with Crippen LogP contribution in [0.5, 0.6) is 0 Å². The van der Waals surface area contributed by atoms with E-state index in [1.165, 1.54) is 23.5 Å². The molecule has 0 bridgehead atoms. The first kappa shape index (κ1) is 12.1. The first-order valence-corrected chi connectivity index (χ1v) is 6.23. The van der Waals surface area contributed by atoms with Crippen molar-refractivity contribution in [3.05, 3.63) is 52.8 Å². The van der Waals surface area contributed by atoms with Crippen LogP contribution in [0.15, 0.2) is 46.5 Å². The van der Waals surface area contributed by atoms with Crippen LogP contribution in [0.4, 0.5) is 0 Å². The minimum absolute atomic E-state index is 0.386. The lowest BCUT2D eigenvalue weighted by molar-refractivity contribution is 0.112. The molecule has 0 saturated carbocycles. The quantitative estimate of drug-likeness (QED) is 0.784. The number of hydrogen-bond acceptors (Lipinski definition) is 3. The molecule has 2 nitrogen and oxygen atoms in total. The van der Waals surface area contributed by atoms with Gasteiger partial charge in [-0.15, -0.1) is 0 Å². The first-order valence-electron chi connectivity index (χ1n) is 5.04. The second-order valence-electron chi connectivity index (χ2n) is 3.57. The SMILES string of the molecule is Cc1ccc(Sc2cncc(Cl)c2C=O)cc1. The van der Waals surface area contributed by atoms with Gasteiger partial charge in [-0.3, -0.25) is 9.78 Å². The molecule has 86 valence electrons. The van der Waals surface area contributed by atoms with Gasteiger partial charge in [0.2, 0.25) is 0 Å². The number of carbonyl (C=O) groups excluding carboxylic acids is 1. The molecule has 0 aliphatic carbocycles.